The maximum absolute atomic E-state index is 13.0. The predicted molar refractivity (Wildman–Crippen MR) is 94.9 cm³/mol. The first-order valence-corrected chi connectivity index (χ1v) is 8.36. The quantitative estimate of drug-likeness (QED) is 0.747. The molecule has 1 fully saturated rings. The Labute approximate surface area is 148 Å². The predicted octanol–water partition coefficient (Wildman–Crippen LogP) is 2.25. The number of hydrogen-bond donors (Lipinski definition) is 2. The number of carbonyl (C=O) groups excluding carboxylic acids is 1. The molecule has 1 saturated carbocycles. The largest absolute Gasteiger partial charge is 0.451 e. The monoisotopic (exact) mass is 351 g/mol. The summed E-state index contributed by atoms with van der Waals surface area (Å²) in [6.45, 7) is 0.523. The van der Waals surface area contributed by atoms with Gasteiger partial charge in [-0.3, -0.25) is 9.36 Å². The van der Waals surface area contributed by atoms with E-state index in [-0.39, 0.29) is 17.5 Å². The van der Waals surface area contributed by atoms with Gasteiger partial charge in [-0.1, -0.05) is 12.1 Å². The lowest BCUT2D eigenvalue weighted by atomic mass is 10.2. The van der Waals surface area contributed by atoms with Gasteiger partial charge in [-0.05, 0) is 17.7 Å². The summed E-state index contributed by atoms with van der Waals surface area (Å²) in [5.74, 6) is 0.496. The van der Waals surface area contributed by atoms with Crippen molar-refractivity contribution in [1.82, 2.24) is 14.5 Å². The number of fused-ring (bicyclic) bond motifs is 4. The van der Waals surface area contributed by atoms with Crippen LogP contribution in [0.1, 0.15) is 28.8 Å². The summed E-state index contributed by atoms with van der Waals surface area (Å²) in [5, 5.41) is 3.44. The van der Waals surface area contributed by atoms with Crippen LogP contribution in [0.3, 0.4) is 0 Å². The highest BCUT2D eigenvalue weighted by molar-refractivity contribution is 6.17. The second kappa shape index (κ2) is 5.18. The van der Waals surface area contributed by atoms with Crippen LogP contribution in [0.25, 0.3) is 11.0 Å². The van der Waals surface area contributed by atoms with Gasteiger partial charge in [-0.15, -0.1) is 0 Å². The van der Waals surface area contributed by atoms with E-state index in [9.17, 15) is 4.79 Å². The minimum Gasteiger partial charge on any atom is -0.451 e. The Bertz CT molecular complexity index is 1040. The van der Waals surface area contributed by atoms with Crippen LogP contribution in [-0.4, -0.2) is 27.6 Å². The molecule has 0 radical (unpaired) electrons. The van der Waals surface area contributed by atoms with E-state index in [1.807, 2.05) is 28.8 Å². The number of aromatic nitrogens is 3. The van der Waals surface area contributed by atoms with Gasteiger partial charge in [0.2, 0.25) is 5.88 Å². The second-order valence-electron chi connectivity index (χ2n) is 6.61. The number of methoxy groups -OCH3 is 1. The zero-order chi connectivity index (χ0) is 17.9. The van der Waals surface area contributed by atoms with Gasteiger partial charge in [0.05, 0.1) is 12.0 Å². The van der Waals surface area contributed by atoms with Crippen LogP contribution in [0.15, 0.2) is 30.6 Å². The van der Waals surface area contributed by atoms with Gasteiger partial charge in [-0.2, -0.15) is 0 Å². The van der Waals surface area contributed by atoms with Crippen LogP contribution < -0.4 is 15.8 Å². The number of hydrogen-bond acceptors (Lipinski definition) is 6. The smallest absolute Gasteiger partial charge is 0.261 e. The minimum absolute atomic E-state index is 0.275. The van der Waals surface area contributed by atoms with Gasteiger partial charge < -0.3 is 20.5 Å². The lowest BCUT2D eigenvalue weighted by Gasteiger charge is -2.32. The molecule has 3 heterocycles. The molecule has 0 bridgehead atoms. The number of nitrogens with one attached hydrogen (secondary N) is 1. The van der Waals surface area contributed by atoms with Gasteiger partial charge in [0.1, 0.15) is 17.7 Å². The number of nitrogens with two attached hydrogens (primary N) is 1. The van der Waals surface area contributed by atoms with Crippen molar-refractivity contribution in [3.05, 3.63) is 41.7 Å². The van der Waals surface area contributed by atoms with E-state index in [2.05, 4.69) is 15.3 Å². The Morgan fingerprint density at radius 3 is 2.81 bits per heavy atom. The summed E-state index contributed by atoms with van der Waals surface area (Å²) in [4.78, 5) is 21.3. The Morgan fingerprint density at radius 2 is 2.12 bits per heavy atom. The third kappa shape index (κ3) is 2.02. The highest BCUT2D eigenvalue weighted by Crippen LogP contribution is 2.58. The van der Waals surface area contributed by atoms with Crippen LogP contribution in [0, 0.1) is 0 Å². The Morgan fingerprint density at radius 1 is 1.35 bits per heavy atom. The fourth-order valence-corrected chi connectivity index (χ4v) is 3.46. The highest BCUT2D eigenvalue weighted by atomic mass is 16.6. The standard InChI is InChI=1S/C18H17N5O3/c1-25-8-10-2-4-11(5-3-10)22-16(24)13-12-14(19)20-9-21-15(12)23-17(13)26-18(23)6-7-18/h2-5,9H,6-8H2,1H3,(H,22,24)(H2,19,20,21). The molecule has 0 atom stereocenters. The molecule has 3 aromatic rings. The molecule has 1 aliphatic carbocycles. The van der Waals surface area contributed by atoms with Crippen molar-refractivity contribution in [1.29, 1.82) is 0 Å². The molecule has 0 saturated heterocycles. The topological polar surface area (TPSA) is 104 Å². The molecule has 2 aromatic heterocycles. The summed E-state index contributed by atoms with van der Waals surface area (Å²) in [6, 6.07) is 7.48. The zero-order valence-corrected chi connectivity index (χ0v) is 14.2. The van der Waals surface area contributed by atoms with E-state index < -0.39 is 0 Å². The average Bonchev–Trinajstić information content (AvgIpc) is 3.36. The molecular formula is C18H17N5O3. The summed E-state index contributed by atoms with van der Waals surface area (Å²) in [5.41, 5.74) is 8.45. The number of nitrogen functional groups attached to an aromatic ring is 1. The summed E-state index contributed by atoms with van der Waals surface area (Å²) in [6.07, 6.45) is 3.24. The first-order valence-electron chi connectivity index (χ1n) is 8.36. The molecule has 26 heavy (non-hydrogen) atoms. The van der Waals surface area contributed by atoms with E-state index >= 15 is 0 Å². The lowest BCUT2D eigenvalue weighted by Crippen LogP contribution is -2.36. The zero-order valence-electron chi connectivity index (χ0n) is 14.2. The third-order valence-electron chi connectivity index (χ3n) is 4.86. The van der Waals surface area contributed by atoms with E-state index in [1.54, 1.807) is 7.11 Å². The SMILES string of the molecule is COCc1ccc(NC(=O)c2c3n(c4ncnc(N)c24)C2(CC2)O3)cc1. The molecule has 2 aliphatic rings. The van der Waals surface area contributed by atoms with Crippen molar-refractivity contribution in [2.24, 2.45) is 0 Å². The Hall–Kier alpha value is -3.13. The molecule has 8 nitrogen and oxygen atoms in total. The summed E-state index contributed by atoms with van der Waals surface area (Å²) < 4.78 is 13.0. The highest BCUT2D eigenvalue weighted by Gasteiger charge is 2.59. The average molecular weight is 351 g/mol. The Kier molecular flexibility index (Phi) is 3.02. The molecule has 1 aromatic carbocycles. The fraction of sp³-hybridized carbons (Fsp3) is 0.278. The molecule has 132 valence electrons. The van der Waals surface area contributed by atoms with Crippen LogP contribution in [0.4, 0.5) is 11.5 Å². The molecule has 3 N–H and O–H groups in total. The molecule has 1 amide bonds. The van der Waals surface area contributed by atoms with Gasteiger partial charge in [-0.25, -0.2) is 9.97 Å². The maximum atomic E-state index is 13.0. The van der Waals surface area contributed by atoms with Crippen LogP contribution in [-0.2, 0) is 17.1 Å². The normalized spacial score (nSPS) is 16.0. The van der Waals surface area contributed by atoms with Gasteiger partial charge >= 0.3 is 0 Å². The van der Waals surface area contributed by atoms with Crippen molar-refractivity contribution in [3.63, 3.8) is 0 Å². The maximum Gasteiger partial charge on any atom is 0.261 e. The van der Waals surface area contributed by atoms with Crippen LogP contribution in [0.5, 0.6) is 5.88 Å². The summed E-state index contributed by atoms with van der Waals surface area (Å²) >= 11 is 0. The van der Waals surface area contributed by atoms with E-state index in [1.165, 1.54) is 6.33 Å². The van der Waals surface area contributed by atoms with E-state index in [0.717, 1.165) is 18.4 Å². The first-order chi connectivity index (χ1) is 12.6. The van der Waals surface area contributed by atoms with Crippen molar-refractivity contribution in [3.8, 4) is 5.88 Å². The van der Waals surface area contributed by atoms with E-state index in [4.69, 9.17) is 15.2 Å². The van der Waals surface area contributed by atoms with Crippen LogP contribution in [0.2, 0.25) is 0 Å². The van der Waals surface area contributed by atoms with Gasteiger partial charge in [0.15, 0.2) is 11.4 Å². The van der Waals surface area contributed by atoms with Gasteiger partial charge in [0, 0.05) is 25.6 Å². The van der Waals surface area contributed by atoms with Crippen LogP contribution >= 0.6 is 0 Å². The van der Waals surface area contributed by atoms with Gasteiger partial charge in [0.25, 0.3) is 5.91 Å². The number of benzene rings is 1. The summed E-state index contributed by atoms with van der Waals surface area (Å²) in [7, 11) is 1.64. The number of amides is 1. The molecule has 5 rings (SSSR count). The number of nitrogens with zero attached hydrogens (tertiary/aromatic N) is 3. The number of anilines is 2. The second-order valence-corrected chi connectivity index (χ2v) is 6.61. The molecular weight excluding hydrogens is 334 g/mol. The third-order valence-corrected chi connectivity index (χ3v) is 4.86. The Balaban J connectivity index is 1.53. The molecule has 1 spiro atoms. The van der Waals surface area contributed by atoms with Crippen molar-refractivity contribution in [2.75, 3.05) is 18.2 Å². The first kappa shape index (κ1) is 15.2. The van der Waals surface area contributed by atoms with Crippen molar-refractivity contribution < 1.29 is 14.3 Å². The molecule has 1 aliphatic heterocycles. The van der Waals surface area contributed by atoms with Crippen molar-refractivity contribution >= 4 is 28.4 Å². The van der Waals surface area contributed by atoms with Crippen molar-refractivity contribution in [2.45, 2.75) is 25.2 Å². The number of rotatable bonds is 4. The number of ether oxygens (including phenoxy) is 2. The fourth-order valence-electron chi connectivity index (χ4n) is 3.46. The molecule has 8 heteroatoms. The lowest BCUT2D eigenvalue weighted by molar-refractivity contribution is 0.0115. The minimum atomic E-state index is -0.339. The number of carbonyl (C=O) groups is 1. The molecule has 0 unspecified atom stereocenters. The van der Waals surface area contributed by atoms with E-state index in [0.29, 0.717) is 34.8 Å².